The molecule has 3 heteroatoms. The molecular formula is C16H21N3. The van der Waals surface area contributed by atoms with Gasteiger partial charge in [0.2, 0.25) is 0 Å². The lowest BCUT2D eigenvalue weighted by atomic mass is 9.98. The predicted octanol–water partition coefficient (Wildman–Crippen LogP) is 3.10. The summed E-state index contributed by atoms with van der Waals surface area (Å²) >= 11 is 0. The predicted molar refractivity (Wildman–Crippen MR) is 78.2 cm³/mol. The highest BCUT2D eigenvalue weighted by molar-refractivity contribution is 5.35. The fourth-order valence-electron chi connectivity index (χ4n) is 2.25. The average molecular weight is 255 g/mol. The third kappa shape index (κ3) is 3.18. The molecule has 0 aliphatic rings. The van der Waals surface area contributed by atoms with Crippen LogP contribution in [0.1, 0.15) is 41.0 Å². The molecule has 1 heterocycles. The quantitative estimate of drug-likeness (QED) is 0.912. The molecule has 1 atom stereocenters. The van der Waals surface area contributed by atoms with Crippen LogP contribution in [-0.2, 0) is 0 Å². The van der Waals surface area contributed by atoms with Crippen molar-refractivity contribution >= 4 is 0 Å². The molecule has 0 saturated heterocycles. The van der Waals surface area contributed by atoms with Gasteiger partial charge in [0.15, 0.2) is 0 Å². The molecule has 1 N–H and O–H groups in total. The SMILES string of the molecule is CCNC(c1ncc(C)cn1)c1ccc(C)cc1C. The summed E-state index contributed by atoms with van der Waals surface area (Å²) in [5, 5.41) is 3.47. The van der Waals surface area contributed by atoms with Crippen molar-refractivity contribution in [2.45, 2.75) is 33.7 Å². The van der Waals surface area contributed by atoms with Gasteiger partial charge in [-0.3, -0.25) is 0 Å². The molecule has 1 aromatic heterocycles. The number of benzene rings is 1. The molecule has 0 aliphatic heterocycles. The zero-order valence-electron chi connectivity index (χ0n) is 12.1. The maximum absolute atomic E-state index is 4.46. The Kier molecular flexibility index (Phi) is 4.27. The van der Waals surface area contributed by atoms with Crippen LogP contribution in [-0.4, -0.2) is 16.5 Å². The summed E-state index contributed by atoms with van der Waals surface area (Å²) in [6.45, 7) is 9.24. The van der Waals surface area contributed by atoms with E-state index in [1.54, 1.807) is 0 Å². The summed E-state index contributed by atoms with van der Waals surface area (Å²) < 4.78 is 0. The smallest absolute Gasteiger partial charge is 0.149 e. The van der Waals surface area contributed by atoms with Gasteiger partial charge in [0.1, 0.15) is 5.82 Å². The second kappa shape index (κ2) is 5.93. The highest BCUT2D eigenvalue weighted by Crippen LogP contribution is 2.23. The van der Waals surface area contributed by atoms with Crippen LogP contribution >= 0.6 is 0 Å². The standard InChI is InChI=1S/C16H21N3/c1-5-17-15(16-18-9-12(3)10-19-16)14-7-6-11(2)8-13(14)4/h6-10,15,17H,5H2,1-4H3. The van der Waals surface area contributed by atoms with E-state index in [0.717, 1.165) is 17.9 Å². The van der Waals surface area contributed by atoms with E-state index in [0.29, 0.717) is 0 Å². The molecule has 0 amide bonds. The van der Waals surface area contributed by atoms with Crippen LogP contribution in [0.3, 0.4) is 0 Å². The van der Waals surface area contributed by atoms with E-state index in [-0.39, 0.29) is 6.04 Å². The van der Waals surface area contributed by atoms with E-state index in [1.807, 2.05) is 19.3 Å². The van der Waals surface area contributed by atoms with E-state index < -0.39 is 0 Å². The van der Waals surface area contributed by atoms with Crippen molar-refractivity contribution in [1.29, 1.82) is 0 Å². The summed E-state index contributed by atoms with van der Waals surface area (Å²) in [4.78, 5) is 8.93. The van der Waals surface area contributed by atoms with Crippen LogP contribution in [0, 0.1) is 20.8 Å². The van der Waals surface area contributed by atoms with E-state index in [2.05, 4.69) is 54.3 Å². The van der Waals surface area contributed by atoms with E-state index in [9.17, 15) is 0 Å². The Morgan fingerprint density at radius 1 is 1.05 bits per heavy atom. The molecule has 3 nitrogen and oxygen atoms in total. The number of aryl methyl sites for hydroxylation is 3. The second-order valence-electron chi connectivity index (χ2n) is 4.97. The van der Waals surface area contributed by atoms with Gasteiger partial charge in [-0.1, -0.05) is 30.7 Å². The lowest BCUT2D eigenvalue weighted by Crippen LogP contribution is -2.24. The van der Waals surface area contributed by atoms with Gasteiger partial charge in [-0.2, -0.15) is 0 Å². The molecule has 2 rings (SSSR count). The molecule has 0 bridgehead atoms. The van der Waals surface area contributed by atoms with Gasteiger partial charge in [0, 0.05) is 12.4 Å². The van der Waals surface area contributed by atoms with Crippen LogP contribution in [0.25, 0.3) is 0 Å². The van der Waals surface area contributed by atoms with Gasteiger partial charge in [-0.25, -0.2) is 9.97 Å². The van der Waals surface area contributed by atoms with Crippen molar-refractivity contribution in [2.24, 2.45) is 0 Å². The van der Waals surface area contributed by atoms with Crippen molar-refractivity contribution in [3.63, 3.8) is 0 Å². The zero-order valence-corrected chi connectivity index (χ0v) is 12.1. The topological polar surface area (TPSA) is 37.8 Å². The molecule has 0 aliphatic carbocycles. The molecule has 19 heavy (non-hydrogen) atoms. The van der Waals surface area contributed by atoms with Crippen molar-refractivity contribution in [3.8, 4) is 0 Å². The Morgan fingerprint density at radius 2 is 1.74 bits per heavy atom. The highest BCUT2D eigenvalue weighted by atomic mass is 15.0. The summed E-state index contributed by atoms with van der Waals surface area (Å²) in [5.74, 6) is 0.833. The first-order chi connectivity index (χ1) is 9.11. The van der Waals surface area contributed by atoms with Gasteiger partial charge in [0.25, 0.3) is 0 Å². The monoisotopic (exact) mass is 255 g/mol. The molecular weight excluding hydrogens is 234 g/mol. The first-order valence-electron chi connectivity index (χ1n) is 6.71. The van der Waals surface area contributed by atoms with Crippen LogP contribution < -0.4 is 5.32 Å². The lowest BCUT2D eigenvalue weighted by molar-refractivity contribution is 0.594. The Labute approximate surface area is 115 Å². The minimum absolute atomic E-state index is 0.0613. The number of nitrogens with zero attached hydrogens (tertiary/aromatic N) is 2. The number of hydrogen-bond acceptors (Lipinski definition) is 3. The second-order valence-corrected chi connectivity index (χ2v) is 4.97. The van der Waals surface area contributed by atoms with E-state index in [1.165, 1.54) is 16.7 Å². The average Bonchev–Trinajstić information content (AvgIpc) is 2.38. The van der Waals surface area contributed by atoms with Crippen LogP contribution in [0.2, 0.25) is 0 Å². The number of rotatable bonds is 4. The van der Waals surface area contributed by atoms with Crippen molar-refractivity contribution in [2.75, 3.05) is 6.54 Å². The van der Waals surface area contributed by atoms with Gasteiger partial charge in [0.05, 0.1) is 6.04 Å². The minimum Gasteiger partial charge on any atom is -0.304 e. The molecule has 0 spiro atoms. The van der Waals surface area contributed by atoms with Crippen molar-refractivity contribution in [3.05, 3.63) is 58.7 Å². The Balaban J connectivity index is 2.41. The molecule has 0 radical (unpaired) electrons. The maximum atomic E-state index is 4.46. The molecule has 2 aromatic rings. The number of hydrogen-bond donors (Lipinski definition) is 1. The van der Waals surface area contributed by atoms with Crippen LogP contribution in [0.15, 0.2) is 30.6 Å². The summed E-state index contributed by atoms with van der Waals surface area (Å²) in [5.41, 5.74) is 4.88. The molecule has 0 fully saturated rings. The van der Waals surface area contributed by atoms with Gasteiger partial charge < -0.3 is 5.32 Å². The fraction of sp³-hybridized carbons (Fsp3) is 0.375. The minimum atomic E-state index is 0.0613. The van der Waals surface area contributed by atoms with Crippen LogP contribution in [0.5, 0.6) is 0 Å². The van der Waals surface area contributed by atoms with Gasteiger partial charge in [-0.05, 0) is 44.0 Å². The normalized spacial score (nSPS) is 12.4. The van der Waals surface area contributed by atoms with Crippen molar-refractivity contribution < 1.29 is 0 Å². The maximum Gasteiger partial charge on any atom is 0.149 e. The van der Waals surface area contributed by atoms with Gasteiger partial charge in [-0.15, -0.1) is 0 Å². The first kappa shape index (κ1) is 13.7. The van der Waals surface area contributed by atoms with Gasteiger partial charge >= 0.3 is 0 Å². The van der Waals surface area contributed by atoms with Crippen molar-refractivity contribution in [1.82, 2.24) is 15.3 Å². The van der Waals surface area contributed by atoms with E-state index in [4.69, 9.17) is 0 Å². The number of aromatic nitrogens is 2. The van der Waals surface area contributed by atoms with Crippen LogP contribution in [0.4, 0.5) is 0 Å². The highest BCUT2D eigenvalue weighted by Gasteiger charge is 2.17. The third-order valence-corrected chi connectivity index (χ3v) is 3.20. The number of nitrogens with one attached hydrogen (secondary N) is 1. The molecule has 100 valence electrons. The van der Waals surface area contributed by atoms with E-state index >= 15 is 0 Å². The third-order valence-electron chi connectivity index (χ3n) is 3.20. The Morgan fingerprint density at radius 3 is 2.32 bits per heavy atom. The molecule has 1 unspecified atom stereocenters. The largest absolute Gasteiger partial charge is 0.304 e. The first-order valence-corrected chi connectivity index (χ1v) is 6.71. The summed E-state index contributed by atoms with van der Waals surface area (Å²) in [7, 11) is 0. The molecule has 0 saturated carbocycles. The summed E-state index contributed by atoms with van der Waals surface area (Å²) in [6, 6.07) is 6.57. The zero-order chi connectivity index (χ0) is 13.8. The lowest BCUT2D eigenvalue weighted by Gasteiger charge is -2.19. The Hall–Kier alpha value is -1.74. The molecule has 1 aromatic carbocycles. The fourth-order valence-corrected chi connectivity index (χ4v) is 2.25. The summed E-state index contributed by atoms with van der Waals surface area (Å²) in [6.07, 6.45) is 3.74. The Bertz CT molecular complexity index is 546.